The number of nitrogens with zero attached hydrogens (tertiary/aromatic N) is 3. The maximum atomic E-state index is 8.82. The van der Waals surface area contributed by atoms with Gasteiger partial charge in [-0.05, 0) is 23.8 Å². The molecule has 116 valence electrons. The van der Waals surface area contributed by atoms with Crippen molar-refractivity contribution in [3.05, 3.63) is 59.5 Å². The van der Waals surface area contributed by atoms with Crippen molar-refractivity contribution in [2.24, 2.45) is 0 Å². The zero-order chi connectivity index (χ0) is 15.6. The van der Waals surface area contributed by atoms with Crippen molar-refractivity contribution < 1.29 is 9.84 Å². The van der Waals surface area contributed by atoms with Crippen LogP contribution in [0.4, 0.5) is 0 Å². The van der Waals surface area contributed by atoms with Crippen LogP contribution in [0.1, 0.15) is 11.3 Å². The Hall–Kier alpha value is -2.44. The van der Waals surface area contributed by atoms with E-state index in [9.17, 15) is 0 Å². The Balaban J connectivity index is 1.60. The fraction of sp³-hybridized carbons (Fsp3) is 0.176. The van der Waals surface area contributed by atoms with Crippen molar-refractivity contribution in [2.45, 2.75) is 6.42 Å². The lowest BCUT2D eigenvalue weighted by Crippen LogP contribution is -2.01. The largest absolute Gasteiger partial charge is 0.491 e. The molecule has 0 aliphatic carbocycles. The van der Waals surface area contributed by atoms with Gasteiger partial charge < -0.3 is 14.2 Å². The molecule has 1 aromatic carbocycles. The van der Waals surface area contributed by atoms with Gasteiger partial charge in [0.15, 0.2) is 0 Å². The third kappa shape index (κ3) is 2.91. The summed E-state index contributed by atoms with van der Waals surface area (Å²) in [6.45, 7) is 0.295. The molecule has 0 atom stereocenters. The first-order valence-electron chi connectivity index (χ1n) is 7.35. The first kappa shape index (κ1) is 14.2. The summed E-state index contributed by atoms with van der Waals surface area (Å²) < 4.78 is 8.60. The number of hydrogen-bond acceptors (Lipinski definition) is 5. The Labute approximate surface area is 136 Å². The highest BCUT2D eigenvalue weighted by molar-refractivity contribution is 7.16. The Morgan fingerprint density at radius 1 is 1.22 bits per heavy atom. The molecule has 4 aromatic rings. The number of imidazole rings is 1. The van der Waals surface area contributed by atoms with E-state index in [1.54, 1.807) is 11.3 Å². The van der Waals surface area contributed by atoms with Gasteiger partial charge in [0, 0.05) is 24.9 Å². The second-order valence-electron chi connectivity index (χ2n) is 5.26. The van der Waals surface area contributed by atoms with E-state index in [2.05, 4.69) is 28.2 Å². The highest BCUT2D eigenvalue weighted by Gasteiger charge is 2.06. The number of benzene rings is 1. The van der Waals surface area contributed by atoms with Crippen LogP contribution in [0, 0.1) is 0 Å². The molecule has 5 nitrogen and oxygen atoms in total. The molecule has 3 heterocycles. The zero-order valence-electron chi connectivity index (χ0n) is 12.3. The molecule has 0 amide bonds. The third-order valence-corrected chi connectivity index (χ3v) is 4.41. The lowest BCUT2D eigenvalue weighted by atomic mass is 10.1. The van der Waals surface area contributed by atoms with E-state index in [0.29, 0.717) is 6.61 Å². The van der Waals surface area contributed by atoms with Gasteiger partial charge in [0.2, 0.25) is 0 Å². The molecule has 0 radical (unpaired) electrons. The van der Waals surface area contributed by atoms with Gasteiger partial charge in [-0.2, -0.15) is 0 Å². The number of aliphatic hydroxyl groups excluding tert-OH is 1. The normalized spacial score (nSPS) is 11.3. The van der Waals surface area contributed by atoms with E-state index >= 15 is 0 Å². The predicted molar refractivity (Wildman–Crippen MR) is 90.2 cm³/mol. The lowest BCUT2D eigenvalue weighted by Gasteiger charge is -2.03. The number of thiazole rings is 1. The number of pyridine rings is 1. The SMILES string of the molecule is OCCOc1ccn2cc(Cc3ccc4ncsc4c3)nc2c1. The van der Waals surface area contributed by atoms with Gasteiger partial charge in [-0.3, -0.25) is 0 Å². The highest BCUT2D eigenvalue weighted by atomic mass is 32.1. The van der Waals surface area contributed by atoms with Crippen LogP contribution < -0.4 is 4.74 Å². The summed E-state index contributed by atoms with van der Waals surface area (Å²) in [5, 5.41) is 8.82. The molecule has 0 aliphatic rings. The van der Waals surface area contributed by atoms with E-state index in [1.165, 1.54) is 10.3 Å². The summed E-state index contributed by atoms with van der Waals surface area (Å²) in [7, 11) is 0. The van der Waals surface area contributed by atoms with Crippen molar-refractivity contribution in [1.82, 2.24) is 14.4 Å². The van der Waals surface area contributed by atoms with Crippen LogP contribution in [0.5, 0.6) is 5.75 Å². The van der Waals surface area contributed by atoms with Crippen LogP contribution >= 0.6 is 11.3 Å². The monoisotopic (exact) mass is 325 g/mol. The van der Waals surface area contributed by atoms with E-state index in [-0.39, 0.29) is 6.61 Å². The molecule has 0 saturated carbocycles. The third-order valence-electron chi connectivity index (χ3n) is 3.62. The summed E-state index contributed by atoms with van der Waals surface area (Å²) in [4.78, 5) is 8.96. The van der Waals surface area contributed by atoms with Gasteiger partial charge in [0.1, 0.15) is 18.0 Å². The summed E-state index contributed by atoms with van der Waals surface area (Å²) >= 11 is 1.65. The van der Waals surface area contributed by atoms with Crippen LogP contribution in [-0.4, -0.2) is 32.7 Å². The summed E-state index contributed by atoms with van der Waals surface area (Å²) in [5.74, 6) is 0.717. The predicted octanol–water partition coefficient (Wildman–Crippen LogP) is 2.91. The van der Waals surface area contributed by atoms with Crippen molar-refractivity contribution in [3.8, 4) is 5.75 Å². The van der Waals surface area contributed by atoms with Gasteiger partial charge in [-0.15, -0.1) is 11.3 Å². The first-order valence-corrected chi connectivity index (χ1v) is 8.23. The zero-order valence-corrected chi connectivity index (χ0v) is 13.2. The van der Waals surface area contributed by atoms with E-state index in [0.717, 1.165) is 29.0 Å². The quantitative estimate of drug-likeness (QED) is 0.613. The number of rotatable bonds is 5. The number of aliphatic hydroxyl groups is 1. The topological polar surface area (TPSA) is 59.7 Å². The molecule has 0 spiro atoms. The molecule has 1 N–H and O–H groups in total. The average molecular weight is 325 g/mol. The number of ether oxygens (including phenoxy) is 1. The summed E-state index contributed by atoms with van der Waals surface area (Å²) in [6, 6.07) is 10.1. The number of aromatic nitrogens is 3. The van der Waals surface area contributed by atoms with Crippen molar-refractivity contribution >= 4 is 27.2 Å². The van der Waals surface area contributed by atoms with Crippen LogP contribution in [0.25, 0.3) is 15.9 Å². The van der Waals surface area contributed by atoms with Crippen molar-refractivity contribution in [1.29, 1.82) is 0 Å². The van der Waals surface area contributed by atoms with Crippen LogP contribution in [-0.2, 0) is 6.42 Å². The molecule has 0 bridgehead atoms. The molecular weight excluding hydrogens is 310 g/mol. The standard InChI is InChI=1S/C17H15N3O2S/c21-5-6-22-14-3-4-20-10-13(19-17(20)9-14)7-12-1-2-15-16(8-12)23-11-18-15/h1-4,8-11,21H,5-7H2. The molecular formula is C17H15N3O2S. The van der Waals surface area contributed by atoms with Crippen LogP contribution in [0.15, 0.2) is 48.2 Å². The second kappa shape index (κ2) is 5.98. The number of hydrogen-bond donors (Lipinski definition) is 1. The molecule has 0 aliphatic heterocycles. The highest BCUT2D eigenvalue weighted by Crippen LogP contribution is 2.21. The molecule has 6 heteroatoms. The van der Waals surface area contributed by atoms with E-state index in [1.807, 2.05) is 34.4 Å². The number of fused-ring (bicyclic) bond motifs is 2. The molecule has 0 fully saturated rings. The van der Waals surface area contributed by atoms with Gasteiger partial charge in [0.05, 0.1) is 28.0 Å². The Morgan fingerprint density at radius 2 is 2.17 bits per heavy atom. The maximum Gasteiger partial charge on any atom is 0.140 e. The minimum atomic E-state index is 0.00489. The smallest absolute Gasteiger partial charge is 0.140 e. The van der Waals surface area contributed by atoms with Crippen molar-refractivity contribution in [3.63, 3.8) is 0 Å². The second-order valence-corrected chi connectivity index (χ2v) is 6.15. The molecule has 0 saturated heterocycles. The Morgan fingerprint density at radius 3 is 3.09 bits per heavy atom. The molecule has 4 rings (SSSR count). The van der Waals surface area contributed by atoms with Crippen LogP contribution in [0.2, 0.25) is 0 Å². The lowest BCUT2D eigenvalue weighted by molar-refractivity contribution is 0.201. The fourth-order valence-corrected chi connectivity index (χ4v) is 3.31. The Bertz CT molecular complexity index is 961. The Kier molecular flexibility index (Phi) is 3.69. The minimum Gasteiger partial charge on any atom is -0.491 e. The van der Waals surface area contributed by atoms with Crippen molar-refractivity contribution in [2.75, 3.05) is 13.2 Å². The molecule has 3 aromatic heterocycles. The summed E-state index contributed by atoms with van der Waals surface area (Å²) in [5.41, 5.74) is 5.98. The first-order chi connectivity index (χ1) is 11.3. The van der Waals surface area contributed by atoms with Gasteiger partial charge in [-0.25, -0.2) is 9.97 Å². The summed E-state index contributed by atoms with van der Waals surface area (Å²) in [6.07, 6.45) is 4.73. The van der Waals surface area contributed by atoms with Gasteiger partial charge in [-0.1, -0.05) is 6.07 Å². The molecule has 23 heavy (non-hydrogen) atoms. The van der Waals surface area contributed by atoms with Crippen LogP contribution in [0.3, 0.4) is 0 Å². The minimum absolute atomic E-state index is 0.00489. The van der Waals surface area contributed by atoms with E-state index in [4.69, 9.17) is 9.84 Å². The maximum absolute atomic E-state index is 8.82. The molecule has 0 unspecified atom stereocenters. The van der Waals surface area contributed by atoms with Gasteiger partial charge in [0.25, 0.3) is 0 Å². The van der Waals surface area contributed by atoms with E-state index < -0.39 is 0 Å². The average Bonchev–Trinajstić information content (AvgIpc) is 3.17. The fourth-order valence-electron chi connectivity index (χ4n) is 2.57. The van der Waals surface area contributed by atoms with Gasteiger partial charge >= 0.3 is 0 Å².